The fourth-order valence-corrected chi connectivity index (χ4v) is 3.86. The summed E-state index contributed by atoms with van der Waals surface area (Å²) in [5, 5.41) is 3.55. The Hall–Kier alpha value is -1.80. The average molecular weight is 278 g/mol. The van der Waals surface area contributed by atoms with Gasteiger partial charge in [-0.3, -0.25) is 0 Å². The number of nitrogens with one attached hydrogen (secondary N) is 1. The topological polar surface area (TPSA) is 15.3 Å². The summed E-state index contributed by atoms with van der Waals surface area (Å²) in [7, 11) is 0. The van der Waals surface area contributed by atoms with Crippen molar-refractivity contribution < 1.29 is 0 Å². The van der Waals surface area contributed by atoms with E-state index in [4.69, 9.17) is 0 Å². The van der Waals surface area contributed by atoms with E-state index in [1.807, 2.05) is 0 Å². The summed E-state index contributed by atoms with van der Waals surface area (Å²) >= 11 is 0. The minimum atomic E-state index is 0.538. The van der Waals surface area contributed by atoms with Crippen LogP contribution in [-0.2, 0) is 13.0 Å². The van der Waals surface area contributed by atoms with Crippen LogP contribution in [0.25, 0.3) is 0 Å². The van der Waals surface area contributed by atoms with E-state index in [2.05, 4.69) is 58.7 Å². The molecule has 1 aliphatic heterocycles. The molecule has 2 aliphatic rings. The maximum atomic E-state index is 3.55. The fraction of sp³-hybridized carbons (Fsp3) is 0.368. The third-order valence-corrected chi connectivity index (χ3v) is 4.86. The molecule has 0 fully saturated rings. The largest absolute Gasteiger partial charge is 0.363 e. The number of anilines is 1. The number of rotatable bonds is 1. The quantitative estimate of drug-likeness (QED) is 0.856. The van der Waals surface area contributed by atoms with Crippen LogP contribution >= 0.6 is 0 Å². The van der Waals surface area contributed by atoms with E-state index in [1.54, 1.807) is 11.1 Å². The highest BCUT2D eigenvalue weighted by Gasteiger charge is 2.27. The van der Waals surface area contributed by atoms with Crippen molar-refractivity contribution in [1.82, 2.24) is 5.32 Å². The van der Waals surface area contributed by atoms with Gasteiger partial charge < -0.3 is 10.2 Å². The Kier molecular flexibility index (Phi) is 3.40. The van der Waals surface area contributed by atoms with Gasteiger partial charge in [0.2, 0.25) is 0 Å². The van der Waals surface area contributed by atoms with E-state index in [0.717, 1.165) is 19.6 Å². The van der Waals surface area contributed by atoms with Gasteiger partial charge in [-0.1, -0.05) is 42.5 Å². The Bertz CT molecular complexity index is 635. The van der Waals surface area contributed by atoms with Crippen LogP contribution in [0.3, 0.4) is 0 Å². The molecule has 1 N–H and O–H groups in total. The van der Waals surface area contributed by atoms with Crippen LogP contribution in [0, 0.1) is 0 Å². The molecule has 1 atom stereocenters. The zero-order chi connectivity index (χ0) is 14.1. The van der Waals surface area contributed by atoms with Crippen LogP contribution < -0.4 is 10.2 Å². The van der Waals surface area contributed by atoms with Crippen molar-refractivity contribution >= 4 is 5.69 Å². The van der Waals surface area contributed by atoms with E-state index in [0.29, 0.717) is 6.04 Å². The molecule has 0 saturated carbocycles. The molecule has 0 aromatic heterocycles. The lowest BCUT2D eigenvalue weighted by molar-refractivity contribution is 0.518. The molecule has 2 heteroatoms. The molecule has 2 nitrogen and oxygen atoms in total. The van der Waals surface area contributed by atoms with Crippen LogP contribution in [0.4, 0.5) is 5.69 Å². The van der Waals surface area contributed by atoms with E-state index in [-0.39, 0.29) is 0 Å². The van der Waals surface area contributed by atoms with Crippen molar-refractivity contribution in [2.24, 2.45) is 0 Å². The Morgan fingerprint density at radius 3 is 2.71 bits per heavy atom. The molecule has 1 unspecified atom stereocenters. The first-order chi connectivity index (χ1) is 10.4. The van der Waals surface area contributed by atoms with Gasteiger partial charge >= 0.3 is 0 Å². The minimum Gasteiger partial charge on any atom is -0.363 e. The number of aryl methyl sites for hydroxylation is 1. The molecule has 2 aromatic rings. The molecule has 108 valence electrons. The predicted octanol–water partition coefficient (Wildman–Crippen LogP) is 3.67. The van der Waals surface area contributed by atoms with Crippen LogP contribution in [-0.4, -0.2) is 13.1 Å². The van der Waals surface area contributed by atoms with E-state index in [9.17, 15) is 0 Å². The van der Waals surface area contributed by atoms with Crippen molar-refractivity contribution in [2.75, 3.05) is 18.0 Å². The van der Waals surface area contributed by atoms with Gasteiger partial charge in [-0.2, -0.15) is 0 Å². The number of hydrogen-bond donors (Lipinski definition) is 1. The Labute approximate surface area is 126 Å². The number of hydrogen-bond acceptors (Lipinski definition) is 2. The van der Waals surface area contributed by atoms with Crippen molar-refractivity contribution in [2.45, 2.75) is 31.8 Å². The summed E-state index contributed by atoms with van der Waals surface area (Å²) in [4.78, 5) is 2.63. The number of fused-ring (bicyclic) bond motifs is 2. The Morgan fingerprint density at radius 2 is 1.76 bits per heavy atom. The lowest BCUT2D eigenvalue weighted by Crippen LogP contribution is -2.34. The first-order valence-corrected chi connectivity index (χ1v) is 8.06. The van der Waals surface area contributed by atoms with Crippen molar-refractivity contribution in [3.05, 3.63) is 65.2 Å². The highest BCUT2D eigenvalue weighted by atomic mass is 15.2. The molecular formula is C19H22N2. The molecule has 1 heterocycles. The highest BCUT2D eigenvalue weighted by molar-refractivity contribution is 5.57. The lowest BCUT2D eigenvalue weighted by Gasteiger charge is -2.37. The first-order valence-electron chi connectivity index (χ1n) is 8.06. The normalized spacial score (nSPS) is 21.3. The molecule has 2 aromatic carbocycles. The zero-order valence-electron chi connectivity index (χ0n) is 12.4. The Balaban J connectivity index is 1.77. The van der Waals surface area contributed by atoms with Gasteiger partial charge in [0, 0.05) is 25.3 Å². The minimum absolute atomic E-state index is 0.538. The predicted molar refractivity (Wildman–Crippen MR) is 87.6 cm³/mol. The Morgan fingerprint density at radius 1 is 0.952 bits per heavy atom. The molecule has 21 heavy (non-hydrogen) atoms. The molecule has 4 rings (SSSR count). The van der Waals surface area contributed by atoms with Gasteiger partial charge in [-0.15, -0.1) is 0 Å². The van der Waals surface area contributed by atoms with Crippen LogP contribution in [0.15, 0.2) is 48.5 Å². The monoisotopic (exact) mass is 278 g/mol. The third kappa shape index (κ3) is 2.34. The third-order valence-electron chi connectivity index (χ3n) is 4.86. The summed E-state index contributed by atoms with van der Waals surface area (Å²) in [6.45, 7) is 3.14. The molecular weight excluding hydrogens is 256 g/mol. The van der Waals surface area contributed by atoms with Gasteiger partial charge in [-0.05, 0) is 42.0 Å². The highest BCUT2D eigenvalue weighted by Crippen LogP contribution is 2.38. The van der Waals surface area contributed by atoms with Crippen molar-refractivity contribution in [3.63, 3.8) is 0 Å². The van der Waals surface area contributed by atoms with Gasteiger partial charge in [0.1, 0.15) is 0 Å². The van der Waals surface area contributed by atoms with Crippen molar-refractivity contribution in [3.8, 4) is 0 Å². The van der Waals surface area contributed by atoms with Gasteiger partial charge in [0.25, 0.3) is 0 Å². The zero-order valence-corrected chi connectivity index (χ0v) is 12.4. The number of nitrogens with zero attached hydrogens (tertiary/aromatic N) is 1. The second kappa shape index (κ2) is 5.53. The van der Waals surface area contributed by atoms with Crippen LogP contribution in [0.1, 0.15) is 35.6 Å². The number of benzene rings is 2. The summed E-state index contributed by atoms with van der Waals surface area (Å²) in [5.41, 5.74) is 5.94. The molecule has 0 saturated heterocycles. The van der Waals surface area contributed by atoms with Crippen LogP contribution in [0.2, 0.25) is 0 Å². The second-order valence-electron chi connectivity index (χ2n) is 6.11. The molecule has 0 spiro atoms. The molecule has 0 bridgehead atoms. The SMILES string of the molecule is c1ccc2c(c1)CCCC2N1CCNCc2ccccc21. The first kappa shape index (κ1) is 12.9. The van der Waals surface area contributed by atoms with Gasteiger partial charge in [0.15, 0.2) is 0 Å². The van der Waals surface area contributed by atoms with Gasteiger partial charge in [-0.25, -0.2) is 0 Å². The smallest absolute Gasteiger partial charge is 0.0545 e. The maximum absolute atomic E-state index is 3.55. The summed E-state index contributed by atoms with van der Waals surface area (Å²) < 4.78 is 0. The second-order valence-corrected chi connectivity index (χ2v) is 6.11. The summed E-state index contributed by atoms with van der Waals surface area (Å²) in [5.74, 6) is 0. The molecule has 0 radical (unpaired) electrons. The van der Waals surface area contributed by atoms with E-state index < -0.39 is 0 Å². The van der Waals surface area contributed by atoms with Gasteiger partial charge in [0.05, 0.1) is 6.04 Å². The van der Waals surface area contributed by atoms with E-state index >= 15 is 0 Å². The van der Waals surface area contributed by atoms with Crippen LogP contribution in [0.5, 0.6) is 0 Å². The summed E-state index contributed by atoms with van der Waals surface area (Å²) in [6, 6.07) is 18.4. The van der Waals surface area contributed by atoms with E-state index in [1.165, 1.54) is 30.5 Å². The lowest BCUT2D eigenvalue weighted by atomic mass is 9.86. The standard InChI is InChI=1S/C19H22N2/c1-3-9-17-15(6-1)8-5-11-19(17)21-13-12-20-14-16-7-2-4-10-18(16)21/h1-4,6-7,9-10,19-20H,5,8,11-14H2. The maximum Gasteiger partial charge on any atom is 0.0545 e. The fourth-order valence-electron chi connectivity index (χ4n) is 3.86. The average Bonchev–Trinajstić information content (AvgIpc) is 2.77. The number of para-hydroxylation sites is 1. The molecule has 0 amide bonds. The van der Waals surface area contributed by atoms with Crippen molar-refractivity contribution in [1.29, 1.82) is 0 Å². The molecule has 1 aliphatic carbocycles. The summed E-state index contributed by atoms with van der Waals surface area (Å²) in [6.07, 6.45) is 3.81.